The summed E-state index contributed by atoms with van der Waals surface area (Å²) in [6.45, 7) is 0. The van der Waals surface area contributed by atoms with Crippen LogP contribution in [0.4, 0.5) is 8.78 Å². The van der Waals surface area contributed by atoms with Crippen molar-refractivity contribution in [3.05, 3.63) is 54.4 Å². The fraction of sp³-hybridized carbons (Fsp3) is 0. The van der Waals surface area contributed by atoms with Gasteiger partial charge in [0.05, 0.1) is 0 Å². The molecule has 0 aliphatic rings. The van der Waals surface area contributed by atoms with Crippen molar-refractivity contribution in [2.75, 3.05) is 0 Å². The third-order valence-corrected chi connectivity index (χ3v) is 1.91. The number of nitrogens with zero attached hydrogens (tertiary/aromatic N) is 1. The predicted octanol–water partition coefficient (Wildman–Crippen LogP) is 3.03. The molecule has 14 heavy (non-hydrogen) atoms. The van der Waals surface area contributed by atoms with E-state index in [0.29, 0.717) is 11.1 Å². The number of halogens is 2. The van der Waals surface area contributed by atoms with Crippen LogP contribution in [0.5, 0.6) is 0 Å². The Morgan fingerprint density at radius 2 is 1.71 bits per heavy atom. The lowest BCUT2D eigenvalue weighted by molar-refractivity contribution is 0.583. The van der Waals surface area contributed by atoms with E-state index in [0.717, 1.165) is 0 Å². The van der Waals surface area contributed by atoms with Gasteiger partial charge in [-0.2, -0.15) is 4.39 Å². The number of benzene rings is 1. The number of hydrogen-bond acceptors (Lipinski definition) is 1. The molecular weight excluding hydrogens is 184 g/mol. The van der Waals surface area contributed by atoms with Crippen LogP contribution in [0, 0.1) is 11.8 Å². The van der Waals surface area contributed by atoms with Crippen molar-refractivity contribution in [2.45, 2.75) is 0 Å². The number of hydrogen-bond donors (Lipinski definition) is 0. The molecule has 0 aliphatic heterocycles. The maximum Gasteiger partial charge on any atom is 0.212 e. The largest absolute Gasteiger partial charge is 0.228 e. The molecule has 0 saturated carbocycles. The van der Waals surface area contributed by atoms with E-state index in [1.807, 2.05) is 0 Å². The molecule has 0 aliphatic carbocycles. The minimum Gasteiger partial charge on any atom is -0.228 e. The highest BCUT2D eigenvalue weighted by atomic mass is 19.1. The Balaban J connectivity index is 2.50. The van der Waals surface area contributed by atoms with Crippen molar-refractivity contribution < 1.29 is 8.78 Å². The van der Waals surface area contributed by atoms with Crippen LogP contribution >= 0.6 is 0 Å². The van der Waals surface area contributed by atoms with Gasteiger partial charge in [0, 0.05) is 17.3 Å². The van der Waals surface area contributed by atoms with Crippen molar-refractivity contribution >= 4 is 0 Å². The molecule has 0 N–H and O–H groups in total. The van der Waals surface area contributed by atoms with E-state index >= 15 is 0 Å². The molecule has 0 bridgehead atoms. The maximum atomic E-state index is 13.3. The summed E-state index contributed by atoms with van der Waals surface area (Å²) in [6, 6.07) is 9.03. The third-order valence-electron chi connectivity index (χ3n) is 1.91. The molecule has 1 aromatic carbocycles. The third kappa shape index (κ3) is 1.62. The second kappa shape index (κ2) is 3.54. The molecule has 0 saturated heterocycles. The first-order valence-corrected chi connectivity index (χ1v) is 4.14. The molecule has 3 heteroatoms. The quantitative estimate of drug-likeness (QED) is 0.631. The molecule has 0 fully saturated rings. The lowest BCUT2D eigenvalue weighted by atomic mass is 10.1. The summed E-state index contributed by atoms with van der Waals surface area (Å²) in [5.41, 5.74) is 1.00. The molecule has 0 spiro atoms. The monoisotopic (exact) mass is 191 g/mol. The summed E-state index contributed by atoms with van der Waals surface area (Å²) in [7, 11) is 0. The first-order valence-electron chi connectivity index (χ1n) is 4.14. The maximum absolute atomic E-state index is 13.3. The van der Waals surface area contributed by atoms with Crippen molar-refractivity contribution in [1.29, 1.82) is 0 Å². The van der Waals surface area contributed by atoms with Crippen molar-refractivity contribution in [3.63, 3.8) is 0 Å². The predicted molar refractivity (Wildman–Crippen MR) is 49.6 cm³/mol. The van der Waals surface area contributed by atoms with E-state index in [-0.39, 0.29) is 5.82 Å². The highest BCUT2D eigenvalue weighted by Gasteiger charge is 2.03. The first kappa shape index (κ1) is 8.81. The van der Waals surface area contributed by atoms with Gasteiger partial charge in [-0.25, -0.2) is 9.37 Å². The SMILES string of the molecule is Fc1ccc(-c2ccccc2F)cn1. The standard InChI is InChI=1S/C11H7F2N/c12-10-4-2-1-3-9(10)8-5-6-11(13)14-7-8/h1-7H. The van der Waals surface area contributed by atoms with Gasteiger partial charge in [0.15, 0.2) is 0 Å². The van der Waals surface area contributed by atoms with Crippen LogP contribution in [0.3, 0.4) is 0 Å². The van der Waals surface area contributed by atoms with Crippen molar-refractivity contribution in [2.24, 2.45) is 0 Å². The Labute approximate surface area is 80.0 Å². The van der Waals surface area contributed by atoms with E-state index in [1.165, 1.54) is 24.4 Å². The Kier molecular flexibility index (Phi) is 2.23. The zero-order valence-corrected chi connectivity index (χ0v) is 7.24. The van der Waals surface area contributed by atoms with Gasteiger partial charge in [0.2, 0.25) is 5.95 Å². The zero-order valence-electron chi connectivity index (χ0n) is 7.24. The summed E-state index contributed by atoms with van der Waals surface area (Å²) < 4.78 is 25.8. The lowest BCUT2D eigenvalue weighted by Crippen LogP contribution is -1.86. The molecule has 0 unspecified atom stereocenters. The molecule has 0 atom stereocenters. The van der Waals surface area contributed by atoms with Crippen LogP contribution in [-0.2, 0) is 0 Å². The highest BCUT2D eigenvalue weighted by Crippen LogP contribution is 2.21. The topological polar surface area (TPSA) is 12.9 Å². The molecule has 0 radical (unpaired) electrons. The number of aromatic nitrogens is 1. The molecule has 2 rings (SSSR count). The molecule has 0 amide bonds. The number of rotatable bonds is 1. The average molecular weight is 191 g/mol. The first-order chi connectivity index (χ1) is 6.77. The normalized spacial score (nSPS) is 10.1. The van der Waals surface area contributed by atoms with Gasteiger partial charge in [0.1, 0.15) is 5.82 Å². The van der Waals surface area contributed by atoms with E-state index < -0.39 is 5.95 Å². The highest BCUT2D eigenvalue weighted by molar-refractivity contribution is 5.62. The zero-order chi connectivity index (χ0) is 9.97. The molecule has 1 nitrogen and oxygen atoms in total. The fourth-order valence-corrected chi connectivity index (χ4v) is 1.23. The Bertz CT molecular complexity index is 437. The van der Waals surface area contributed by atoms with Crippen molar-refractivity contribution in [1.82, 2.24) is 4.98 Å². The van der Waals surface area contributed by atoms with Gasteiger partial charge in [-0.1, -0.05) is 18.2 Å². The summed E-state index contributed by atoms with van der Waals surface area (Å²) in [4.78, 5) is 3.46. The lowest BCUT2D eigenvalue weighted by Gasteiger charge is -2.01. The fourth-order valence-electron chi connectivity index (χ4n) is 1.23. The summed E-state index contributed by atoms with van der Waals surface area (Å²) >= 11 is 0. The second-order valence-electron chi connectivity index (χ2n) is 2.85. The summed E-state index contributed by atoms with van der Waals surface area (Å²) in [5.74, 6) is -0.897. The van der Waals surface area contributed by atoms with Crippen LogP contribution in [-0.4, -0.2) is 4.98 Å². The van der Waals surface area contributed by atoms with E-state index in [9.17, 15) is 8.78 Å². The molecule has 1 aromatic heterocycles. The van der Waals surface area contributed by atoms with Gasteiger partial charge in [-0.05, 0) is 18.2 Å². The minimum absolute atomic E-state index is 0.332. The average Bonchev–Trinajstić information content (AvgIpc) is 2.20. The van der Waals surface area contributed by atoms with Crippen LogP contribution in [0.25, 0.3) is 11.1 Å². The summed E-state index contributed by atoms with van der Waals surface area (Å²) in [5, 5.41) is 0. The Hall–Kier alpha value is -1.77. The molecule has 70 valence electrons. The van der Waals surface area contributed by atoms with Gasteiger partial charge in [0.25, 0.3) is 0 Å². The van der Waals surface area contributed by atoms with Crippen LogP contribution in [0.2, 0.25) is 0 Å². The van der Waals surface area contributed by atoms with E-state index in [1.54, 1.807) is 18.2 Å². The Morgan fingerprint density at radius 1 is 0.929 bits per heavy atom. The molecule has 2 aromatic rings. The smallest absolute Gasteiger partial charge is 0.212 e. The van der Waals surface area contributed by atoms with Gasteiger partial charge in [-0.3, -0.25) is 0 Å². The second-order valence-corrected chi connectivity index (χ2v) is 2.85. The minimum atomic E-state index is -0.565. The molecule has 1 heterocycles. The van der Waals surface area contributed by atoms with Crippen LogP contribution in [0.15, 0.2) is 42.6 Å². The molecular formula is C11H7F2N. The Morgan fingerprint density at radius 3 is 2.36 bits per heavy atom. The van der Waals surface area contributed by atoms with Gasteiger partial charge < -0.3 is 0 Å². The van der Waals surface area contributed by atoms with Crippen molar-refractivity contribution in [3.8, 4) is 11.1 Å². The van der Waals surface area contributed by atoms with E-state index in [4.69, 9.17) is 0 Å². The van der Waals surface area contributed by atoms with Crippen LogP contribution in [0.1, 0.15) is 0 Å². The van der Waals surface area contributed by atoms with E-state index in [2.05, 4.69) is 4.98 Å². The van der Waals surface area contributed by atoms with Gasteiger partial charge >= 0.3 is 0 Å². The summed E-state index contributed by atoms with van der Waals surface area (Å²) in [6.07, 6.45) is 1.31. The number of pyridine rings is 1. The van der Waals surface area contributed by atoms with Crippen LogP contribution < -0.4 is 0 Å². The van der Waals surface area contributed by atoms with Gasteiger partial charge in [-0.15, -0.1) is 0 Å².